The Kier molecular flexibility index (Phi) is 6.63. The van der Waals surface area contributed by atoms with E-state index in [9.17, 15) is 8.42 Å². The molecule has 0 fully saturated rings. The zero-order chi connectivity index (χ0) is 15.3. The first kappa shape index (κ1) is 17.6. The van der Waals surface area contributed by atoms with E-state index in [1.807, 2.05) is 25.6 Å². The Morgan fingerprint density at radius 2 is 2.10 bits per heavy atom. The van der Waals surface area contributed by atoms with Crippen molar-refractivity contribution in [2.75, 3.05) is 25.9 Å². The van der Waals surface area contributed by atoms with Gasteiger partial charge in [0.15, 0.2) is 0 Å². The van der Waals surface area contributed by atoms with Gasteiger partial charge >= 0.3 is 0 Å². The lowest BCUT2D eigenvalue weighted by atomic mass is 10.3. The van der Waals surface area contributed by atoms with Crippen molar-refractivity contribution in [2.45, 2.75) is 26.8 Å². The molecule has 116 valence electrons. The highest BCUT2D eigenvalue weighted by Crippen LogP contribution is 2.19. The second kappa shape index (κ2) is 7.53. The van der Waals surface area contributed by atoms with Crippen LogP contribution < -0.4 is 5.32 Å². The topological polar surface area (TPSA) is 67.2 Å². The van der Waals surface area contributed by atoms with E-state index >= 15 is 0 Å². The summed E-state index contributed by atoms with van der Waals surface area (Å²) in [6.45, 7) is 6.35. The van der Waals surface area contributed by atoms with E-state index in [4.69, 9.17) is 0 Å². The van der Waals surface area contributed by atoms with Crippen molar-refractivity contribution in [2.24, 2.45) is 7.05 Å². The lowest BCUT2D eigenvalue weighted by Crippen LogP contribution is -2.32. The highest BCUT2D eigenvalue weighted by Gasteiger charge is 2.13. The minimum absolute atomic E-state index is 0.519. The summed E-state index contributed by atoms with van der Waals surface area (Å²) in [6.07, 6.45) is 2.04. The van der Waals surface area contributed by atoms with Crippen molar-refractivity contribution in [3.8, 4) is 0 Å². The van der Waals surface area contributed by atoms with Gasteiger partial charge in [0.2, 0.25) is 10.0 Å². The van der Waals surface area contributed by atoms with Crippen LogP contribution in [0.5, 0.6) is 0 Å². The van der Waals surface area contributed by atoms with Crippen LogP contribution >= 0.6 is 15.9 Å². The van der Waals surface area contributed by atoms with E-state index < -0.39 is 10.0 Å². The number of sulfonamides is 1. The average molecular weight is 367 g/mol. The molecule has 0 amide bonds. The Hall–Kier alpha value is -0.440. The SMILES string of the molecule is CCN(CCCNCc1c(Br)c(C)nn1C)S(C)(=O)=O. The highest BCUT2D eigenvalue weighted by molar-refractivity contribution is 9.10. The van der Waals surface area contributed by atoms with Crippen LogP contribution in [-0.2, 0) is 23.6 Å². The maximum absolute atomic E-state index is 11.4. The van der Waals surface area contributed by atoms with Gasteiger partial charge in [-0.25, -0.2) is 12.7 Å². The van der Waals surface area contributed by atoms with Crippen LogP contribution in [0, 0.1) is 6.92 Å². The van der Waals surface area contributed by atoms with E-state index in [0.29, 0.717) is 19.6 Å². The summed E-state index contributed by atoms with van der Waals surface area (Å²) in [4.78, 5) is 0. The maximum atomic E-state index is 11.4. The van der Waals surface area contributed by atoms with Crippen molar-refractivity contribution in [3.05, 3.63) is 15.9 Å². The van der Waals surface area contributed by atoms with E-state index in [2.05, 4.69) is 26.3 Å². The largest absolute Gasteiger partial charge is 0.311 e. The monoisotopic (exact) mass is 366 g/mol. The molecule has 6 nitrogen and oxygen atoms in total. The molecular formula is C12H23BrN4O2S. The summed E-state index contributed by atoms with van der Waals surface area (Å²) in [6, 6.07) is 0. The first-order valence-corrected chi connectivity index (χ1v) is 9.25. The van der Waals surface area contributed by atoms with Crippen molar-refractivity contribution in [3.63, 3.8) is 0 Å². The third kappa shape index (κ3) is 4.83. The molecular weight excluding hydrogens is 344 g/mol. The molecule has 0 aliphatic heterocycles. The second-order valence-corrected chi connectivity index (χ2v) is 7.53. The first-order valence-electron chi connectivity index (χ1n) is 6.61. The van der Waals surface area contributed by atoms with Gasteiger partial charge in [-0.2, -0.15) is 5.10 Å². The molecule has 0 saturated carbocycles. The van der Waals surface area contributed by atoms with Gasteiger partial charge in [0.1, 0.15) is 0 Å². The Morgan fingerprint density at radius 3 is 2.55 bits per heavy atom. The average Bonchev–Trinajstić information content (AvgIpc) is 2.58. The zero-order valence-electron chi connectivity index (χ0n) is 12.5. The molecule has 8 heteroatoms. The lowest BCUT2D eigenvalue weighted by Gasteiger charge is -2.17. The van der Waals surface area contributed by atoms with E-state index in [1.54, 1.807) is 0 Å². The summed E-state index contributed by atoms with van der Waals surface area (Å²) >= 11 is 3.52. The van der Waals surface area contributed by atoms with Gasteiger partial charge in [0, 0.05) is 26.7 Å². The molecule has 0 unspecified atom stereocenters. The molecule has 1 aromatic heterocycles. The fourth-order valence-corrected chi connectivity index (χ4v) is 3.42. The van der Waals surface area contributed by atoms with Crippen LogP contribution in [0.4, 0.5) is 0 Å². The number of rotatable bonds is 8. The van der Waals surface area contributed by atoms with Crippen LogP contribution in [0.3, 0.4) is 0 Å². The summed E-state index contributed by atoms with van der Waals surface area (Å²) in [5.74, 6) is 0. The van der Waals surface area contributed by atoms with Gasteiger partial charge in [-0.1, -0.05) is 6.92 Å². The van der Waals surface area contributed by atoms with Crippen LogP contribution in [0.15, 0.2) is 4.47 Å². The van der Waals surface area contributed by atoms with Gasteiger partial charge < -0.3 is 5.32 Å². The number of aryl methyl sites for hydroxylation is 2. The number of hydrogen-bond donors (Lipinski definition) is 1. The lowest BCUT2D eigenvalue weighted by molar-refractivity contribution is 0.418. The third-order valence-corrected chi connectivity index (χ3v) is 5.55. The van der Waals surface area contributed by atoms with Crippen molar-refractivity contribution in [1.29, 1.82) is 0 Å². The minimum Gasteiger partial charge on any atom is -0.311 e. The Labute approximate surface area is 129 Å². The maximum Gasteiger partial charge on any atom is 0.211 e. The summed E-state index contributed by atoms with van der Waals surface area (Å²) < 4.78 is 27.2. The fraction of sp³-hybridized carbons (Fsp3) is 0.750. The predicted molar refractivity (Wildman–Crippen MR) is 84.1 cm³/mol. The number of nitrogens with zero attached hydrogens (tertiary/aromatic N) is 3. The van der Waals surface area contributed by atoms with Gasteiger partial charge in [-0.05, 0) is 35.8 Å². The number of hydrogen-bond acceptors (Lipinski definition) is 4. The summed E-state index contributed by atoms with van der Waals surface area (Å²) in [7, 11) is -1.17. The number of halogens is 1. The molecule has 0 aromatic carbocycles. The van der Waals surface area contributed by atoms with Crippen molar-refractivity contribution >= 4 is 26.0 Å². The number of nitrogens with one attached hydrogen (secondary N) is 1. The van der Waals surface area contributed by atoms with Crippen molar-refractivity contribution in [1.82, 2.24) is 19.4 Å². The standard InChI is InChI=1S/C12H23BrN4O2S/c1-5-17(20(4,18)19)8-6-7-14-9-11-12(13)10(2)15-16(11)3/h14H,5-9H2,1-4H3. The van der Waals surface area contributed by atoms with Crippen LogP contribution in [0.25, 0.3) is 0 Å². The molecule has 0 aliphatic carbocycles. The van der Waals surface area contributed by atoms with Gasteiger partial charge in [0.25, 0.3) is 0 Å². The molecule has 1 rings (SSSR count). The Bertz CT molecular complexity index is 542. The van der Waals surface area contributed by atoms with Crippen LogP contribution in [0.1, 0.15) is 24.7 Å². The van der Waals surface area contributed by atoms with Gasteiger partial charge in [-0.3, -0.25) is 4.68 Å². The molecule has 0 radical (unpaired) electrons. The van der Waals surface area contributed by atoms with E-state index in [1.165, 1.54) is 10.6 Å². The Balaban J connectivity index is 2.36. The molecule has 0 saturated heterocycles. The zero-order valence-corrected chi connectivity index (χ0v) is 14.9. The van der Waals surface area contributed by atoms with Crippen LogP contribution in [0.2, 0.25) is 0 Å². The molecule has 1 heterocycles. The second-order valence-electron chi connectivity index (χ2n) is 4.75. The van der Waals surface area contributed by atoms with Gasteiger partial charge in [-0.15, -0.1) is 0 Å². The molecule has 20 heavy (non-hydrogen) atoms. The molecule has 0 aliphatic rings. The van der Waals surface area contributed by atoms with E-state index in [-0.39, 0.29) is 0 Å². The normalized spacial score (nSPS) is 12.3. The summed E-state index contributed by atoms with van der Waals surface area (Å²) in [5, 5.41) is 7.64. The quantitative estimate of drug-likeness (QED) is 0.703. The minimum atomic E-state index is -3.08. The fourth-order valence-electron chi connectivity index (χ4n) is 2.02. The molecule has 1 N–H and O–H groups in total. The first-order chi connectivity index (χ1) is 9.27. The summed E-state index contributed by atoms with van der Waals surface area (Å²) in [5.41, 5.74) is 2.07. The molecule has 0 atom stereocenters. The Morgan fingerprint density at radius 1 is 1.45 bits per heavy atom. The molecule has 0 spiro atoms. The van der Waals surface area contributed by atoms with Crippen molar-refractivity contribution < 1.29 is 8.42 Å². The predicted octanol–water partition coefficient (Wildman–Crippen LogP) is 1.25. The third-order valence-electron chi connectivity index (χ3n) is 3.14. The molecule has 0 bridgehead atoms. The van der Waals surface area contributed by atoms with Crippen LogP contribution in [-0.4, -0.2) is 48.4 Å². The van der Waals surface area contributed by atoms with Gasteiger partial charge in [0.05, 0.1) is 22.1 Å². The number of aromatic nitrogens is 2. The van der Waals surface area contributed by atoms with E-state index in [0.717, 1.165) is 28.8 Å². The molecule has 1 aromatic rings. The smallest absolute Gasteiger partial charge is 0.211 e. The highest BCUT2D eigenvalue weighted by atomic mass is 79.9.